The molecule has 1 amide bonds. The number of hydrogen-bond acceptors (Lipinski definition) is 2. The van der Waals surface area contributed by atoms with E-state index in [1.54, 1.807) is 0 Å². The fourth-order valence-electron chi connectivity index (χ4n) is 4.25. The van der Waals surface area contributed by atoms with Gasteiger partial charge in [-0.1, -0.05) is 55.7 Å². The third-order valence-electron chi connectivity index (χ3n) is 5.65. The summed E-state index contributed by atoms with van der Waals surface area (Å²) in [4.78, 5) is 15.6. The van der Waals surface area contributed by atoms with Gasteiger partial charge >= 0.3 is 0 Å². The largest absolute Gasteiger partial charge is 0.280 e. The maximum Gasteiger partial charge on any atom is 0.244 e. The molecule has 2 aromatic rings. The van der Waals surface area contributed by atoms with Gasteiger partial charge in [0.25, 0.3) is 0 Å². The first-order valence-electron chi connectivity index (χ1n) is 9.89. The van der Waals surface area contributed by atoms with E-state index in [-0.39, 0.29) is 11.2 Å². The van der Waals surface area contributed by atoms with Gasteiger partial charge in [-0.05, 0) is 55.9 Å². The molecule has 1 saturated carbocycles. The Bertz CT molecular complexity index is 734. The minimum Gasteiger partial charge on any atom is -0.280 e. The number of amides is 1. The summed E-state index contributed by atoms with van der Waals surface area (Å²) in [5, 5.41) is 0.623. The summed E-state index contributed by atoms with van der Waals surface area (Å²) in [6, 6.07) is 16.8. The summed E-state index contributed by atoms with van der Waals surface area (Å²) < 4.78 is 0. The lowest BCUT2D eigenvalue weighted by Gasteiger charge is -2.30. The zero-order valence-corrected chi connectivity index (χ0v) is 16.3. The first-order chi connectivity index (χ1) is 12.7. The topological polar surface area (TPSA) is 20.3 Å². The Balaban J connectivity index is 1.66. The lowest BCUT2D eigenvalue weighted by atomic mass is 10.0. The van der Waals surface area contributed by atoms with E-state index in [0.29, 0.717) is 5.25 Å². The highest BCUT2D eigenvalue weighted by Crippen LogP contribution is 2.39. The second-order valence-corrected chi connectivity index (χ2v) is 9.12. The summed E-state index contributed by atoms with van der Waals surface area (Å²) in [6.45, 7) is 2.09. The van der Waals surface area contributed by atoms with Crippen molar-refractivity contribution in [2.24, 2.45) is 0 Å². The minimum atomic E-state index is -0.0164. The Labute approximate surface area is 161 Å². The second-order valence-electron chi connectivity index (χ2n) is 7.47. The molecule has 4 rings (SSSR count). The molecule has 1 aliphatic carbocycles. The van der Waals surface area contributed by atoms with Crippen LogP contribution >= 0.6 is 11.8 Å². The molecule has 1 aliphatic heterocycles. The van der Waals surface area contributed by atoms with Crippen molar-refractivity contribution in [2.75, 3.05) is 4.90 Å². The predicted molar refractivity (Wildman–Crippen MR) is 111 cm³/mol. The van der Waals surface area contributed by atoms with Gasteiger partial charge in [0, 0.05) is 5.25 Å². The van der Waals surface area contributed by atoms with Crippen LogP contribution in [0.25, 0.3) is 0 Å². The number of carbonyl (C=O) groups excluding carboxylic acids is 1. The Kier molecular flexibility index (Phi) is 5.35. The van der Waals surface area contributed by atoms with Crippen LogP contribution in [-0.4, -0.2) is 16.4 Å². The van der Waals surface area contributed by atoms with Crippen LogP contribution in [0.3, 0.4) is 0 Å². The number of rotatable bonds is 3. The summed E-state index contributed by atoms with van der Waals surface area (Å²) in [5.41, 5.74) is 4.68. The van der Waals surface area contributed by atoms with Crippen molar-refractivity contribution in [1.82, 2.24) is 0 Å². The summed E-state index contributed by atoms with van der Waals surface area (Å²) in [7, 11) is 0. The van der Waals surface area contributed by atoms with Crippen molar-refractivity contribution in [3.05, 3.63) is 59.7 Å². The summed E-state index contributed by atoms with van der Waals surface area (Å²) >= 11 is 1.89. The van der Waals surface area contributed by atoms with Crippen LogP contribution in [0.4, 0.5) is 11.4 Å². The number of carbonyl (C=O) groups is 1. The zero-order valence-electron chi connectivity index (χ0n) is 15.5. The number of benzene rings is 2. The zero-order chi connectivity index (χ0) is 17.9. The van der Waals surface area contributed by atoms with E-state index in [1.165, 1.54) is 43.2 Å². The van der Waals surface area contributed by atoms with E-state index in [0.717, 1.165) is 24.2 Å². The van der Waals surface area contributed by atoms with Gasteiger partial charge in [0.05, 0.1) is 16.6 Å². The molecule has 0 spiro atoms. The van der Waals surface area contributed by atoms with Crippen molar-refractivity contribution in [3.8, 4) is 0 Å². The maximum absolute atomic E-state index is 13.6. The number of aryl methyl sites for hydroxylation is 2. The molecule has 26 heavy (non-hydrogen) atoms. The molecule has 0 N–H and O–H groups in total. The average Bonchev–Trinajstić information content (AvgIpc) is 2.85. The van der Waals surface area contributed by atoms with Crippen molar-refractivity contribution in [3.63, 3.8) is 0 Å². The summed E-state index contributed by atoms with van der Waals surface area (Å²) in [5.74, 6) is 0.224. The monoisotopic (exact) mass is 365 g/mol. The number of anilines is 2. The first kappa shape index (κ1) is 17.7. The molecule has 2 aromatic carbocycles. The molecule has 2 nitrogen and oxygen atoms in total. The van der Waals surface area contributed by atoms with Gasteiger partial charge in [0.1, 0.15) is 0 Å². The molecule has 3 heteroatoms. The highest BCUT2D eigenvalue weighted by Gasteiger charge is 2.30. The van der Waals surface area contributed by atoms with Gasteiger partial charge in [0.15, 0.2) is 0 Å². The lowest BCUT2D eigenvalue weighted by Crippen LogP contribution is -2.34. The number of thioether (sulfide) groups is 1. The van der Waals surface area contributed by atoms with E-state index in [2.05, 4.69) is 43.3 Å². The number of nitrogens with zero attached hydrogens (tertiary/aromatic N) is 1. The number of hydrogen-bond donors (Lipinski definition) is 0. The standard InChI is InChI=1S/C23H27NOS/c1-17(26-20-11-3-2-4-12-20)23(25)24-21-13-7-5-9-18(21)15-16-19-10-6-8-14-22(19)24/h5-10,13-14,17,20H,2-4,11-12,15-16H2,1H3. The normalized spacial score (nSPS) is 18.6. The van der Waals surface area contributed by atoms with Gasteiger partial charge in [-0.25, -0.2) is 0 Å². The lowest BCUT2D eigenvalue weighted by molar-refractivity contribution is -0.117. The molecule has 0 radical (unpaired) electrons. The van der Waals surface area contributed by atoms with Crippen molar-refractivity contribution < 1.29 is 4.79 Å². The van der Waals surface area contributed by atoms with Crippen LogP contribution in [0, 0.1) is 0 Å². The van der Waals surface area contributed by atoms with Gasteiger partial charge in [-0.15, -0.1) is 11.8 Å². The van der Waals surface area contributed by atoms with E-state index in [4.69, 9.17) is 0 Å². The molecule has 0 aromatic heterocycles. The van der Waals surface area contributed by atoms with Crippen molar-refractivity contribution >= 4 is 29.0 Å². The fourth-order valence-corrected chi connectivity index (χ4v) is 5.65. The van der Waals surface area contributed by atoms with Gasteiger partial charge in [-0.3, -0.25) is 9.69 Å². The van der Waals surface area contributed by atoms with Crippen molar-refractivity contribution in [1.29, 1.82) is 0 Å². The maximum atomic E-state index is 13.6. The molecule has 1 heterocycles. The molecule has 1 unspecified atom stereocenters. The quantitative estimate of drug-likeness (QED) is 0.674. The Morgan fingerprint density at radius 2 is 1.46 bits per heavy atom. The van der Waals surface area contributed by atoms with Gasteiger partial charge in [-0.2, -0.15) is 0 Å². The van der Waals surface area contributed by atoms with Gasteiger partial charge < -0.3 is 0 Å². The molecule has 0 saturated heterocycles. The predicted octanol–water partition coefficient (Wildman–Crippen LogP) is 5.90. The van der Waals surface area contributed by atoms with Crippen LogP contribution in [0.5, 0.6) is 0 Å². The fraction of sp³-hybridized carbons (Fsp3) is 0.435. The van der Waals surface area contributed by atoms with E-state index in [1.807, 2.05) is 28.8 Å². The number of fused-ring (bicyclic) bond motifs is 2. The molecule has 2 aliphatic rings. The van der Waals surface area contributed by atoms with Crippen LogP contribution in [0.15, 0.2) is 48.5 Å². The van der Waals surface area contributed by atoms with Crippen molar-refractivity contribution in [2.45, 2.75) is 62.4 Å². The summed E-state index contributed by atoms with van der Waals surface area (Å²) in [6.07, 6.45) is 8.47. The Morgan fingerprint density at radius 1 is 0.923 bits per heavy atom. The van der Waals surface area contributed by atoms with Crippen LogP contribution in [0.1, 0.15) is 50.2 Å². The molecule has 1 fully saturated rings. The van der Waals surface area contributed by atoms with Crippen LogP contribution in [0.2, 0.25) is 0 Å². The minimum absolute atomic E-state index is 0.0164. The first-order valence-corrected chi connectivity index (χ1v) is 10.8. The van der Waals surface area contributed by atoms with Gasteiger partial charge in [0.2, 0.25) is 5.91 Å². The van der Waals surface area contributed by atoms with Crippen LogP contribution in [-0.2, 0) is 17.6 Å². The molecule has 0 bridgehead atoms. The SMILES string of the molecule is CC(SC1CCCCC1)C(=O)N1c2ccccc2CCc2ccccc21. The van der Waals surface area contributed by atoms with E-state index in [9.17, 15) is 4.79 Å². The molecule has 136 valence electrons. The Hall–Kier alpha value is -1.74. The number of para-hydroxylation sites is 2. The highest BCUT2D eigenvalue weighted by molar-refractivity contribution is 8.01. The Morgan fingerprint density at radius 3 is 2.04 bits per heavy atom. The van der Waals surface area contributed by atoms with Crippen LogP contribution < -0.4 is 4.90 Å². The molecular weight excluding hydrogens is 338 g/mol. The smallest absolute Gasteiger partial charge is 0.244 e. The average molecular weight is 366 g/mol. The molecular formula is C23H27NOS. The second kappa shape index (κ2) is 7.87. The third kappa shape index (κ3) is 3.55. The van der Waals surface area contributed by atoms with E-state index < -0.39 is 0 Å². The highest BCUT2D eigenvalue weighted by atomic mass is 32.2. The third-order valence-corrected chi connectivity index (χ3v) is 7.11. The van der Waals surface area contributed by atoms with E-state index >= 15 is 0 Å². The molecule has 1 atom stereocenters.